The van der Waals surface area contributed by atoms with Crippen molar-refractivity contribution in [2.24, 2.45) is 0 Å². The fourth-order valence-corrected chi connectivity index (χ4v) is 2.12. The molecule has 0 radical (unpaired) electrons. The van der Waals surface area contributed by atoms with Crippen molar-refractivity contribution in [3.05, 3.63) is 17.3 Å². The molecule has 0 aromatic carbocycles. The summed E-state index contributed by atoms with van der Waals surface area (Å²) in [6.07, 6.45) is -3.07. The molecule has 0 bridgehead atoms. The topological polar surface area (TPSA) is 67.3 Å². The molecule has 0 aliphatic heterocycles. The molecular formula is C7H6ClF2NO3S. The van der Waals surface area contributed by atoms with Gasteiger partial charge < -0.3 is 5.11 Å². The number of hydrogen-bond acceptors (Lipinski definition) is 4. The molecule has 0 fully saturated rings. The fraction of sp³-hybridized carbons (Fsp3) is 0.286. The molecule has 1 heterocycles. The number of nitrogens with zero attached hydrogens (tertiary/aromatic N) is 1. The van der Waals surface area contributed by atoms with Crippen molar-refractivity contribution in [2.45, 2.75) is 18.4 Å². The lowest BCUT2D eigenvalue weighted by Gasteiger charge is -2.06. The van der Waals surface area contributed by atoms with E-state index in [0.29, 0.717) is 0 Å². The van der Waals surface area contributed by atoms with Crippen LogP contribution in [0.3, 0.4) is 0 Å². The number of aromatic hydroxyl groups is 1. The Labute approximate surface area is 88.9 Å². The van der Waals surface area contributed by atoms with E-state index < -0.39 is 31.9 Å². The summed E-state index contributed by atoms with van der Waals surface area (Å²) in [6.45, 7) is 1.29. The molecule has 0 saturated heterocycles. The number of halogens is 3. The summed E-state index contributed by atoms with van der Waals surface area (Å²) >= 11 is 0. The minimum absolute atomic E-state index is 0.00639. The van der Waals surface area contributed by atoms with E-state index >= 15 is 0 Å². The number of hydrogen-bond donors (Lipinski definition) is 1. The van der Waals surface area contributed by atoms with E-state index in [1.54, 1.807) is 0 Å². The summed E-state index contributed by atoms with van der Waals surface area (Å²) in [6, 6.07) is 0.879. The van der Waals surface area contributed by atoms with E-state index in [-0.39, 0.29) is 5.56 Å². The van der Waals surface area contributed by atoms with E-state index in [9.17, 15) is 17.2 Å². The summed E-state index contributed by atoms with van der Waals surface area (Å²) in [4.78, 5) is 3.12. The van der Waals surface area contributed by atoms with Crippen LogP contribution < -0.4 is 0 Å². The maximum atomic E-state index is 12.3. The van der Waals surface area contributed by atoms with Crippen LogP contribution >= 0.6 is 10.7 Å². The van der Waals surface area contributed by atoms with Crippen molar-refractivity contribution in [2.75, 3.05) is 0 Å². The molecule has 0 aliphatic rings. The summed E-state index contributed by atoms with van der Waals surface area (Å²) < 4.78 is 46.4. The molecule has 0 amide bonds. The lowest BCUT2D eigenvalue weighted by molar-refractivity contribution is 0.141. The molecular weight excluding hydrogens is 252 g/mol. The Bertz CT molecular complexity index is 489. The van der Waals surface area contributed by atoms with Crippen molar-refractivity contribution in [1.82, 2.24) is 4.98 Å². The van der Waals surface area contributed by atoms with Gasteiger partial charge in [0.05, 0.1) is 0 Å². The van der Waals surface area contributed by atoms with Gasteiger partial charge in [0.25, 0.3) is 15.5 Å². The van der Waals surface area contributed by atoms with Gasteiger partial charge in [0.2, 0.25) is 0 Å². The minimum Gasteiger partial charge on any atom is -0.506 e. The fourth-order valence-electron chi connectivity index (χ4n) is 1.00. The summed E-state index contributed by atoms with van der Waals surface area (Å²) in [7, 11) is 0.786. The zero-order chi connectivity index (χ0) is 11.8. The third-order valence-electron chi connectivity index (χ3n) is 1.61. The van der Waals surface area contributed by atoms with Gasteiger partial charge in [0.15, 0.2) is 5.03 Å². The van der Waals surface area contributed by atoms with Gasteiger partial charge in [-0.25, -0.2) is 22.2 Å². The van der Waals surface area contributed by atoms with Crippen LogP contribution in [0.4, 0.5) is 8.78 Å². The summed E-state index contributed by atoms with van der Waals surface area (Å²) in [5.74, 6) is -0.758. The molecule has 0 saturated carbocycles. The maximum Gasteiger partial charge on any atom is 0.284 e. The minimum atomic E-state index is -4.19. The lowest BCUT2D eigenvalue weighted by atomic mass is 10.2. The van der Waals surface area contributed by atoms with Gasteiger partial charge in [0, 0.05) is 10.7 Å². The zero-order valence-corrected chi connectivity index (χ0v) is 8.98. The molecule has 1 N–H and O–H groups in total. The van der Waals surface area contributed by atoms with Gasteiger partial charge >= 0.3 is 0 Å². The van der Waals surface area contributed by atoms with Gasteiger partial charge in [0.1, 0.15) is 11.4 Å². The Balaban J connectivity index is 3.50. The predicted molar refractivity (Wildman–Crippen MR) is 48.6 cm³/mol. The largest absolute Gasteiger partial charge is 0.506 e. The molecule has 0 atom stereocenters. The number of rotatable bonds is 2. The lowest BCUT2D eigenvalue weighted by Crippen LogP contribution is -2.02. The van der Waals surface area contributed by atoms with Crippen LogP contribution in [0.15, 0.2) is 11.1 Å². The predicted octanol–water partition coefficient (Wildman–Crippen LogP) is 1.96. The van der Waals surface area contributed by atoms with Crippen molar-refractivity contribution in [1.29, 1.82) is 0 Å². The second-order valence-electron chi connectivity index (χ2n) is 2.75. The first-order chi connectivity index (χ1) is 6.73. The van der Waals surface area contributed by atoms with E-state index in [1.165, 1.54) is 6.92 Å². The van der Waals surface area contributed by atoms with Crippen molar-refractivity contribution in [3.63, 3.8) is 0 Å². The van der Waals surface area contributed by atoms with Crippen molar-refractivity contribution < 1.29 is 22.3 Å². The van der Waals surface area contributed by atoms with Crippen LogP contribution in [0.5, 0.6) is 5.75 Å². The van der Waals surface area contributed by atoms with Crippen LogP contribution in [0, 0.1) is 6.92 Å². The Hall–Kier alpha value is -0.950. The van der Waals surface area contributed by atoms with Gasteiger partial charge in [-0.3, -0.25) is 0 Å². The first kappa shape index (κ1) is 12.1. The number of alkyl halides is 2. The molecule has 1 aromatic rings. The highest BCUT2D eigenvalue weighted by molar-refractivity contribution is 8.13. The van der Waals surface area contributed by atoms with Crippen LogP contribution in [0.1, 0.15) is 17.7 Å². The van der Waals surface area contributed by atoms with Gasteiger partial charge in [-0.15, -0.1) is 0 Å². The second-order valence-corrected chi connectivity index (χ2v) is 5.23. The SMILES string of the molecule is Cc1cc(O)c(C(F)F)nc1S(=O)(=O)Cl. The molecule has 15 heavy (non-hydrogen) atoms. The molecule has 8 heteroatoms. The molecule has 0 spiro atoms. The normalized spacial score (nSPS) is 12.1. The smallest absolute Gasteiger partial charge is 0.284 e. The molecule has 1 aromatic heterocycles. The first-order valence-corrected chi connectivity index (χ1v) is 5.97. The first-order valence-electron chi connectivity index (χ1n) is 3.67. The van der Waals surface area contributed by atoms with Crippen LogP contribution in [0.25, 0.3) is 0 Å². The van der Waals surface area contributed by atoms with E-state index in [1.807, 2.05) is 0 Å². The quantitative estimate of drug-likeness (QED) is 0.823. The highest BCUT2D eigenvalue weighted by Crippen LogP contribution is 2.30. The van der Waals surface area contributed by atoms with Crippen molar-refractivity contribution >= 4 is 19.7 Å². The highest BCUT2D eigenvalue weighted by atomic mass is 35.7. The number of pyridine rings is 1. The van der Waals surface area contributed by atoms with Crippen LogP contribution in [-0.2, 0) is 9.05 Å². The Morgan fingerprint density at radius 2 is 2.07 bits per heavy atom. The average Bonchev–Trinajstić information content (AvgIpc) is 2.00. The van der Waals surface area contributed by atoms with Gasteiger partial charge in [-0.1, -0.05) is 0 Å². The molecule has 0 aliphatic carbocycles. The summed E-state index contributed by atoms with van der Waals surface area (Å²) in [5, 5.41) is 8.40. The molecule has 0 unspecified atom stereocenters. The molecule has 1 rings (SSSR count). The average molecular weight is 258 g/mol. The van der Waals surface area contributed by atoms with E-state index in [2.05, 4.69) is 4.98 Å². The monoisotopic (exact) mass is 257 g/mol. The Kier molecular flexibility index (Phi) is 3.15. The van der Waals surface area contributed by atoms with E-state index in [4.69, 9.17) is 15.8 Å². The maximum absolute atomic E-state index is 12.3. The van der Waals surface area contributed by atoms with Crippen molar-refractivity contribution in [3.8, 4) is 5.75 Å². The zero-order valence-electron chi connectivity index (χ0n) is 7.41. The Morgan fingerprint density at radius 3 is 2.47 bits per heavy atom. The van der Waals surface area contributed by atoms with Crippen LogP contribution in [-0.4, -0.2) is 18.5 Å². The van der Waals surface area contributed by atoms with Crippen LogP contribution in [0.2, 0.25) is 0 Å². The Morgan fingerprint density at radius 1 is 1.53 bits per heavy atom. The van der Waals surface area contributed by atoms with Gasteiger partial charge in [-0.05, 0) is 18.6 Å². The number of aryl methyl sites for hydroxylation is 1. The summed E-state index contributed by atoms with van der Waals surface area (Å²) in [5.41, 5.74) is -0.994. The molecule has 4 nitrogen and oxygen atoms in total. The van der Waals surface area contributed by atoms with E-state index in [0.717, 1.165) is 6.07 Å². The number of aromatic nitrogens is 1. The van der Waals surface area contributed by atoms with Gasteiger partial charge in [-0.2, -0.15) is 0 Å². The third-order valence-corrected chi connectivity index (χ3v) is 2.93. The second kappa shape index (κ2) is 3.90. The third kappa shape index (κ3) is 2.54. The standard InChI is InChI=1S/C7H6ClF2NO3S/c1-3-2-4(12)5(6(9)10)11-7(3)15(8,13)14/h2,6,12H,1H3. The molecule has 84 valence electrons. The highest BCUT2D eigenvalue weighted by Gasteiger charge is 2.22.